The number of esters is 1. The summed E-state index contributed by atoms with van der Waals surface area (Å²) in [6, 6.07) is 15.6. The van der Waals surface area contributed by atoms with Gasteiger partial charge in [0.2, 0.25) is 5.78 Å². The number of carbonyl (C=O) groups is 3. The van der Waals surface area contributed by atoms with E-state index in [-0.39, 0.29) is 17.1 Å². The van der Waals surface area contributed by atoms with Crippen LogP contribution in [0, 0.1) is 0 Å². The molecule has 3 rings (SSSR count). The Morgan fingerprint density at radius 3 is 2.21 bits per heavy atom. The Hall–Kier alpha value is -3.38. The van der Waals surface area contributed by atoms with Gasteiger partial charge in [-0.3, -0.25) is 9.59 Å². The lowest BCUT2D eigenvalue weighted by molar-refractivity contribution is 0.0319. The first-order valence-corrected chi connectivity index (χ1v) is 8.77. The van der Waals surface area contributed by atoms with Gasteiger partial charge in [0.15, 0.2) is 11.9 Å². The average molecular weight is 398 g/mol. The van der Waals surface area contributed by atoms with E-state index in [0.717, 1.165) is 0 Å². The van der Waals surface area contributed by atoms with Gasteiger partial charge in [0.05, 0.1) is 11.8 Å². The van der Waals surface area contributed by atoms with Crippen LogP contribution in [0.5, 0.6) is 0 Å². The van der Waals surface area contributed by atoms with Crippen molar-refractivity contribution in [3.05, 3.63) is 88.8 Å². The molecule has 1 amide bonds. The molecular formula is C21H16ClNO5. The molecule has 6 nitrogen and oxygen atoms in total. The van der Waals surface area contributed by atoms with Gasteiger partial charge in [-0.25, -0.2) is 4.79 Å². The molecule has 0 aliphatic rings. The Labute approximate surface area is 166 Å². The van der Waals surface area contributed by atoms with Crippen molar-refractivity contribution in [2.24, 2.45) is 0 Å². The minimum atomic E-state index is -0.952. The largest absolute Gasteiger partial charge is 0.459 e. The van der Waals surface area contributed by atoms with Crippen molar-refractivity contribution < 1.29 is 23.5 Å². The number of anilines is 1. The summed E-state index contributed by atoms with van der Waals surface area (Å²) in [6.07, 6.45) is 0.451. The fourth-order valence-electron chi connectivity index (χ4n) is 2.42. The van der Waals surface area contributed by atoms with Crippen molar-refractivity contribution in [3.8, 4) is 0 Å². The number of ether oxygens (including phenoxy) is 1. The molecule has 7 heteroatoms. The number of nitrogens with one attached hydrogen (secondary N) is 1. The van der Waals surface area contributed by atoms with Gasteiger partial charge < -0.3 is 14.5 Å². The number of amides is 1. The van der Waals surface area contributed by atoms with E-state index in [1.807, 2.05) is 0 Å². The van der Waals surface area contributed by atoms with Crippen molar-refractivity contribution >= 4 is 34.9 Å². The summed E-state index contributed by atoms with van der Waals surface area (Å²) in [5, 5.41) is 3.16. The summed E-state index contributed by atoms with van der Waals surface area (Å²) in [5.41, 5.74) is 1.15. The molecule has 0 aliphatic carbocycles. The molecule has 0 aliphatic heterocycles. The standard InChI is InChI=1S/C21H16ClNO5/c1-13(19(24)14-4-8-16(22)9-5-14)28-21(26)15-6-10-17(11-7-15)23-20(25)18-3-2-12-27-18/h2-13H,1H3,(H,23,25). The maximum Gasteiger partial charge on any atom is 0.338 e. The molecule has 1 atom stereocenters. The molecular weight excluding hydrogens is 382 g/mol. The highest BCUT2D eigenvalue weighted by molar-refractivity contribution is 6.30. The Balaban J connectivity index is 1.60. The lowest BCUT2D eigenvalue weighted by Crippen LogP contribution is -2.24. The molecule has 0 fully saturated rings. The number of ketones is 1. The Morgan fingerprint density at radius 2 is 1.61 bits per heavy atom. The maximum absolute atomic E-state index is 12.3. The van der Waals surface area contributed by atoms with Crippen LogP contribution in [-0.4, -0.2) is 23.8 Å². The lowest BCUT2D eigenvalue weighted by atomic mass is 10.1. The molecule has 1 unspecified atom stereocenters. The summed E-state index contributed by atoms with van der Waals surface area (Å²) >= 11 is 5.81. The molecule has 3 aromatic rings. The van der Waals surface area contributed by atoms with Crippen LogP contribution < -0.4 is 5.32 Å². The van der Waals surface area contributed by atoms with Crippen molar-refractivity contribution in [2.75, 3.05) is 5.32 Å². The molecule has 28 heavy (non-hydrogen) atoms. The molecule has 1 heterocycles. The van der Waals surface area contributed by atoms with E-state index in [0.29, 0.717) is 16.3 Å². The summed E-state index contributed by atoms with van der Waals surface area (Å²) < 4.78 is 10.3. The molecule has 1 N–H and O–H groups in total. The topological polar surface area (TPSA) is 85.6 Å². The number of Topliss-reactive ketones (excluding diaryl/α,β-unsaturated/α-hetero) is 1. The van der Waals surface area contributed by atoms with Crippen LogP contribution in [0.15, 0.2) is 71.3 Å². The van der Waals surface area contributed by atoms with Crippen molar-refractivity contribution in [3.63, 3.8) is 0 Å². The second-order valence-corrected chi connectivity index (χ2v) is 6.36. The average Bonchev–Trinajstić information content (AvgIpc) is 3.23. The molecule has 1 aromatic heterocycles. The first-order valence-electron chi connectivity index (χ1n) is 8.40. The third-order valence-corrected chi connectivity index (χ3v) is 4.16. The van der Waals surface area contributed by atoms with Gasteiger partial charge in [-0.05, 0) is 67.6 Å². The number of benzene rings is 2. The van der Waals surface area contributed by atoms with Crippen LogP contribution in [0.25, 0.3) is 0 Å². The fraction of sp³-hybridized carbons (Fsp3) is 0.0952. The Kier molecular flexibility index (Phi) is 5.91. The van der Waals surface area contributed by atoms with Gasteiger partial charge in [0, 0.05) is 16.3 Å². The van der Waals surface area contributed by atoms with Gasteiger partial charge in [-0.2, -0.15) is 0 Å². The quantitative estimate of drug-likeness (QED) is 0.484. The highest BCUT2D eigenvalue weighted by Gasteiger charge is 2.20. The van der Waals surface area contributed by atoms with E-state index in [9.17, 15) is 14.4 Å². The zero-order chi connectivity index (χ0) is 20.1. The van der Waals surface area contributed by atoms with Crippen LogP contribution >= 0.6 is 11.6 Å². The van der Waals surface area contributed by atoms with Crippen LogP contribution in [0.4, 0.5) is 5.69 Å². The van der Waals surface area contributed by atoms with E-state index >= 15 is 0 Å². The third kappa shape index (κ3) is 4.66. The van der Waals surface area contributed by atoms with Crippen molar-refractivity contribution in [1.82, 2.24) is 0 Å². The van der Waals surface area contributed by atoms with E-state index in [1.165, 1.54) is 25.3 Å². The van der Waals surface area contributed by atoms with Gasteiger partial charge in [0.25, 0.3) is 5.91 Å². The van der Waals surface area contributed by atoms with Crippen LogP contribution in [0.2, 0.25) is 5.02 Å². The second kappa shape index (κ2) is 8.54. The van der Waals surface area contributed by atoms with Crippen LogP contribution in [0.3, 0.4) is 0 Å². The fourth-order valence-corrected chi connectivity index (χ4v) is 2.55. The second-order valence-electron chi connectivity index (χ2n) is 5.93. The number of hydrogen-bond donors (Lipinski definition) is 1. The number of rotatable bonds is 6. The molecule has 142 valence electrons. The summed E-state index contributed by atoms with van der Waals surface area (Å²) in [5.74, 6) is -1.19. The zero-order valence-electron chi connectivity index (χ0n) is 14.8. The van der Waals surface area contributed by atoms with Crippen molar-refractivity contribution in [2.45, 2.75) is 13.0 Å². The highest BCUT2D eigenvalue weighted by Crippen LogP contribution is 2.15. The number of halogens is 1. The van der Waals surface area contributed by atoms with Crippen molar-refractivity contribution in [1.29, 1.82) is 0 Å². The predicted molar refractivity (Wildman–Crippen MR) is 104 cm³/mol. The molecule has 0 saturated heterocycles. The Morgan fingerprint density at radius 1 is 0.964 bits per heavy atom. The number of carbonyl (C=O) groups excluding carboxylic acids is 3. The van der Waals surface area contributed by atoms with E-state index in [2.05, 4.69) is 5.32 Å². The normalized spacial score (nSPS) is 11.5. The third-order valence-electron chi connectivity index (χ3n) is 3.91. The molecule has 0 bridgehead atoms. The van der Waals surface area contributed by atoms with Gasteiger partial charge in [0.1, 0.15) is 0 Å². The lowest BCUT2D eigenvalue weighted by Gasteiger charge is -2.13. The number of hydrogen-bond acceptors (Lipinski definition) is 5. The van der Waals surface area contributed by atoms with Gasteiger partial charge in [-0.15, -0.1) is 0 Å². The summed E-state index contributed by atoms with van der Waals surface area (Å²) in [4.78, 5) is 36.5. The zero-order valence-corrected chi connectivity index (χ0v) is 15.6. The van der Waals surface area contributed by atoms with E-state index in [1.54, 1.807) is 48.5 Å². The van der Waals surface area contributed by atoms with Gasteiger partial charge in [-0.1, -0.05) is 11.6 Å². The van der Waals surface area contributed by atoms with Gasteiger partial charge >= 0.3 is 5.97 Å². The van der Waals surface area contributed by atoms with Crippen LogP contribution in [0.1, 0.15) is 38.2 Å². The molecule has 0 saturated carbocycles. The molecule has 0 spiro atoms. The predicted octanol–water partition coefficient (Wildman–Crippen LogP) is 4.61. The first kappa shape index (κ1) is 19.4. The van der Waals surface area contributed by atoms with E-state index in [4.69, 9.17) is 20.8 Å². The van der Waals surface area contributed by atoms with E-state index < -0.39 is 18.0 Å². The minimum absolute atomic E-state index is 0.179. The van der Waals surface area contributed by atoms with Crippen LogP contribution in [-0.2, 0) is 4.74 Å². The first-order chi connectivity index (χ1) is 13.4. The maximum atomic E-state index is 12.3. The summed E-state index contributed by atoms with van der Waals surface area (Å²) in [6.45, 7) is 1.51. The smallest absolute Gasteiger partial charge is 0.338 e. The number of furan rings is 1. The summed E-state index contributed by atoms with van der Waals surface area (Å²) in [7, 11) is 0. The highest BCUT2D eigenvalue weighted by atomic mass is 35.5. The SMILES string of the molecule is CC(OC(=O)c1ccc(NC(=O)c2ccco2)cc1)C(=O)c1ccc(Cl)cc1. The molecule has 0 radical (unpaired) electrons. The monoisotopic (exact) mass is 397 g/mol. The Bertz CT molecular complexity index is 979. The minimum Gasteiger partial charge on any atom is -0.459 e. The molecule has 2 aromatic carbocycles.